The van der Waals surface area contributed by atoms with E-state index in [9.17, 15) is 18.8 Å². The maximum atomic E-state index is 13.1. The standard InChI is InChI=1S/C18H18FN3O4/c19-10-3-1-4-11(7-10)26-9-16(23)21-14-5-2-6-15-12(14)8-13(17(20)24)18(25)22-15/h1,3-4,7-8,14H,2,5-6,9H2,(H2,20,24)(H,21,23)(H,22,25). The molecule has 4 N–H and O–H groups in total. The first kappa shape index (κ1) is 17.7. The maximum Gasteiger partial charge on any atom is 0.261 e. The molecule has 2 amide bonds. The third kappa shape index (κ3) is 3.90. The highest BCUT2D eigenvalue weighted by molar-refractivity contribution is 5.92. The summed E-state index contributed by atoms with van der Waals surface area (Å²) in [6.07, 6.45) is 2.08. The molecule has 1 atom stereocenters. The van der Waals surface area contributed by atoms with Gasteiger partial charge < -0.3 is 20.8 Å². The first-order chi connectivity index (χ1) is 12.4. The minimum absolute atomic E-state index is 0.138. The zero-order chi connectivity index (χ0) is 18.7. The number of benzene rings is 1. The highest BCUT2D eigenvalue weighted by atomic mass is 19.1. The van der Waals surface area contributed by atoms with E-state index in [1.807, 2.05) is 0 Å². The number of aromatic amines is 1. The van der Waals surface area contributed by atoms with Gasteiger partial charge >= 0.3 is 0 Å². The number of carbonyl (C=O) groups excluding carboxylic acids is 2. The summed E-state index contributed by atoms with van der Waals surface area (Å²) in [5.41, 5.74) is 5.91. The van der Waals surface area contributed by atoms with E-state index in [0.717, 1.165) is 6.42 Å². The first-order valence-electron chi connectivity index (χ1n) is 8.17. The van der Waals surface area contributed by atoms with Crippen LogP contribution in [0, 0.1) is 5.82 Å². The molecule has 136 valence electrons. The van der Waals surface area contributed by atoms with Crippen molar-refractivity contribution in [1.29, 1.82) is 0 Å². The molecule has 0 spiro atoms. The lowest BCUT2D eigenvalue weighted by Gasteiger charge is -2.26. The van der Waals surface area contributed by atoms with Gasteiger partial charge in [-0.25, -0.2) is 4.39 Å². The normalized spacial score (nSPS) is 15.8. The van der Waals surface area contributed by atoms with Gasteiger partial charge in [0.25, 0.3) is 17.4 Å². The van der Waals surface area contributed by atoms with Crippen molar-refractivity contribution in [2.45, 2.75) is 25.3 Å². The van der Waals surface area contributed by atoms with Gasteiger partial charge in [-0.05, 0) is 43.0 Å². The van der Waals surface area contributed by atoms with Crippen molar-refractivity contribution in [3.05, 3.63) is 63.3 Å². The maximum absolute atomic E-state index is 13.1. The minimum atomic E-state index is -0.820. The number of nitrogens with two attached hydrogens (primary N) is 1. The molecule has 1 aliphatic carbocycles. The number of hydrogen-bond donors (Lipinski definition) is 3. The van der Waals surface area contributed by atoms with Gasteiger partial charge in [0.15, 0.2) is 6.61 Å². The molecule has 0 fully saturated rings. The lowest BCUT2D eigenvalue weighted by molar-refractivity contribution is -0.124. The van der Waals surface area contributed by atoms with Gasteiger partial charge in [-0.1, -0.05) is 6.07 Å². The lowest BCUT2D eigenvalue weighted by atomic mass is 9.90. The summed E-state index contributed by atoms with van der Waals surface area (Å²) in [4.78, 5) is 38.1. The zero-order valence-corrected chi connectivity index (χ0v) is 13.9. The number of aromatic nitrogens is 1. The van der Waals surface area contributed by atoms with Crippen LogP contribution < -0.4 is 21.3 Å². The predicted octanol–water partition coefficient (Wildman–Crippen LogP) is 1.19. The van der Waals surface area contributed by atoms with Crippen molar-refractivity contribution in [3.8, 4) is 5.75 Å². The third-order valence-corrected chi connectivity index (χ3v) is 4.22. The third-order valence-electron chi connectivity index (χ3n) is 4.22. The fraction of sp³-hybridized carbons (Fsp3) is 0.278. The van der Waals surface area contributed by atoms with Crippen molar-refractivity contribution in [1.82, 2.24) is 10.3 Å². The number of fused-ring (bicyclic) bond motifs is 1. The average molecular weight is 359 g/mol. The van der Waals surface area contributed by atoms with Crippen LogP contribution in [0.1, 0.15) is 40.5 Å². The molecule has 7 nitrogen and oxygen atoms in total. The number of primary amides is 1. The second-order valence-corrected chi connectivity index (χ2v) is 6.07. The zero-order valence-electron chi connectivity index (χ0n) is 13.9. The number of carbonyl (C=O) groups is 2. The fourth-order valence-corrected chi connectivity index (χ4v) is 3.02. The van der Waals surface area contributed by atoms with E-state index in [0.29, 0.717) is 24.1 Å². The van der Waals surface area contributed by atoms with Gasteiger partial charge in [0, 0.05) is 11.8 Å². The molecule has 2 aromatic rings. The summed E-state index contributed by atoms with van der Waals surface area (Å²) in [7, 11) is 0. The van der Waals surface area contributed by atoms with Crippen LogP contribution in [-0.4, -0.2) is 23.4 Å². The molecule has 0 radical (unpaired) electrons. The monoisotopic (exact) mass is 359 g/mol. The molecular formula is C18H18FN3O4. The van der Waals surface area contributed by atoms with Crippen LogP contribution in [0.4, 0.5) is 4.39 Å². The van der Waals surface area contributed by atoms with Crippen LogP contribution in [0.3, 0.4) is 0 Å². The van der Waals surface area contributed by atoms with Crippen molar-refractivity contribution < 1.29 is 18.7 Å². The topological polar surface area (TPSA) is 114 Å². The number of pyridine rings is 1. The fourth-order valence-electron chi connectivity index (χ4n) is 3.02. The number of aryl methyl sites for hydroxylation is 1. The Kier molecular flexibility index (Phi) is 5.01. The van der Waals surface area contributed by atoms with E-state index in [4.69, 9.17) is 10.5 Å². The van der Waals surface area contributed by atoms with Crippen LogP contribution >= 0.6 is 0 Å². The molecule has 0 saturated heterocycles. The van der Waals surface area contributed by atoms with Crippen molar-refractivity contribution in [2.75, 3.05) is 6.61 Å². The Morgan fingerprint density at radius 1 is 1.35 bits per heavy atom. The quantitative estimate of drug-likeness (QED) is 0.744. The Bertz CT molecular complexity index is 910. The number of rotatable bonds is 5. The van der Waals surface area contributed by atoms with E-state index in [1.54, 1.807) is 6.07 Å². The Hall–Kier alpha value is -3.16. The second kappa shape index (κ2) is 7.38. The summed E-state index contributed by atoms with van der Waals surface area (Å²) >= 11 is 0. The van der Waals surface area contributed by atoms with Gasteiger partial charge in [0.2, 0.25) is 0 Å². The summed E-state index contributed by atoms with van der Waals surface area (Å²) < 4.78 is 18.4. The number of nitrogens with one attached hydrogen (secondary N) is 2. The number of amides is 2. The Labute approximate surface area is 148 Å². The Morgan fingerprint density at radius 2 is 2.15 bits per heavy atom. The van der Waals surface area contributed by atoms with Crippen LogP contribution in [-0.2, 0) is 11.2 Å². The number of H-pyrrole nitrogens is 1. The van der Waals surface area contributed by atoms with E-state index in [-0.39, 0.29) is 29.9 Å². The second-order valence-electron chi connectivity index (χ2n) is 6.07. The van der Waals surface area contributed by atoms with Crippen molar-refractivity contribution in [3.63, 3.8) is 0 Å². The predicted molar refractivity (Wildman–Crippen MR) is 91.3 cm³/mol. The van der Waals surface area contributed by atoms with Crippen molar-refractivity contribution >= 4 is 11.8 Å². The molecular weight excluding hydrogens is 341 g/mol. The smallest absolute Gasteiger partial charge is 0.261 e. The summed E-state index contributed by atoms with van der Waals surface area (Å²) in [5.74, 6) is -1.41. The molecule has 1 heterocycles. The summed E-state index contributed by atoms with van der Waals surface area (Å²) in [5, 5.41) is 2.81. The van der Waals surface area contributed by atoms with E-state index >= 15 is 0 Å². The largest absolute Gasteiger partial charge is 0.484 e. The number of hydrogen-bond acceptors (Lipinski definition) is 4. The van der Waals surface area contributed by atoms with Gasteiger partial charge in [-0.3, -0.25) is 14.4 Å². The van der Waals surface area contributed by atoms with E-state index < -0.39 is 17.3 Å². The first-order valence-corrected chi connectivity index (χ1v) is 8.17. The molecule has 0 bridgehead atoms. The number of ether oxygens (including phenoxy) is 1. The lowest BCUT2D eigenvalue weighted by Crippen LogP contribution is -2.36. The Morgan fingerprint density at radius 3 is 2.88 bits per heavy atom. The molecule has 0 aliphatic heterocycles. The van der Waals surface area contributed by atoms with E-state index in [2.05, 4.69) is 10.3 Å². The molecule has 8 heteroatoms. The average Bonchev–Trinajstić information content (AvgIpc) is 2.59. The van der Waals surface area contributed by atoms with Crippen molar-refractivity contribution in [2.24, 2.45) is 5.73 Å². The summed E-state index contributed by atoms with van der Waals surface area (Å²) in [6, 6.07) is 6.58. The Balaban J connectivity index is 1.71. The summed E-state index contributed by atoms with van der Waals surface area (Å²) in [6.45, 7) is -0.276. The molecule has 3 rings (SSSR count). The van der Waals surface area contributed by atoms with Crippen LogP contribution in [0.25, 0.3) is 0 Å². The van der Waals surface area contributed by atoms with Gasteiger partial charge in [0.05, 0.1) is 6.04 Å². The molecule has 26 heavy (non-hydrogen) atoms. The van der Waals surface area contributed by atoms with Crippen LogP contribution in [0.15, 0.2) is 35.1 Å². The van der Waals surface area contributed by atoms with Crippen LogP contribution in [0.5, 0.6) is 5.75 Å². The highest BCUT2D eigenvalue weighted by Gasteiger charge is 2.25. The molecule has 1 aliphatic rings. The van der Waals surface area contributed by atoms with Gasteiger partial charge in [-0.2, -0.15) is 0 Å². The molecule has 1 unspecified atom stereocenters. The molecule has 1 aromatic carbocycles. The number of halogens is 1. The minimum Gasteiger partial charge on any atom is -0.484 e. The van der Waals surface area contributed by atoms with E-state index in [1.165, 1.54) is 24.3 Å². The highest BCUT2D eigenvalue weighted by Crippen LogP contribution is 2.28. The van der Waals surface area contributed by atoms with Gasteiger partial charge in [-0.15, -0.1) is 0 Å². The van der Waals surface area contributed by atoms with Crippen LogP contribution in [0.2, 0.25) is 0 Å². The molecule has 0 saturated carbocycles. The van der Waals surface area contributed by atoms with Gasteiger partial charge in [0.1, 0.15) is 17.1 Å². The molecule has 1 aromatic heterocycles. The SMILES string of the molecule is NC(=O)c1cc2c([nH]c1=O)CCCC2NC(=O)COc1cccc(F)c1.